The first-order valence-corrected chi connectivity index (χ1v) is 6.34. The van der Waals surface area contributed by atoms with Crippen LogP contribution >= 0.6 is 23.2 Å². The van der Waals surface area contributed by atoms with Crippen molar-refractivity contribution in [2.45, 2.75) is 6.54 Å². The Balaban J connectivity index is 2.05. The van der Waals surface area contributed by atoms with Gasteiger partial charge >= 0.3 is 5.97 Å². The molecule has 2 rings (SSSR count). The van der Waals surface area contributed by atoms with Crippen LogP contribution in [0.1, 0.15) is 16.1 Å². The molecule has 0 radical (unpaired) electrons. The fourth-order valence-corrected chi connectivity index (χ4v) is 2.04. The maximum Gasteiger partial charge on any atom is 0.341 e. The van der Waals surface area contributed by atoms with Crippen molar-refractivity contribution in [3.63, 3.8) is 0 Å². The molecule has 1 aromatic heterocycles. The number of halogens is 2. The molecule has 106 valence electrons. The number of carbonyl (C=O) groups is 1. The Morgan fingerprint density at radius 1 is 1.35 bits per heavy atom. The van der Waals surface area contributed by atoms with Gasteiger partial charge in [-0.2, -0.15) is 0 Å². The summed E-state index contributed by atoms with van der Waals surface area (Å²) < 4.78 is 9.79. The van der Waals surface area contributed by atoms with Crippen LogP contribution in [0.5, 0.6) is 5.75 Å². The van der Waals surface area contributed by atoms with E-state index in [9.17, 15) is 9.90 Å². The van der Waals surface area contributed by atoms with Crippen molar-refractivity contribution in [3.05, 3.63) is 45.8 Å². The van der Waals surface area contributed by atoms with Crippen molar-refractivity contribution in [1.29, 1.82) is 0 Å². The zero-order valence-electron chi connectivity index (χ0n) is 10.4. The summed E-state index contributed by atoms with van der Waals surface area (Å²) in [6.07, 6.45) is 1.32. The van der Waals surface area contributed by atoms with Gasteiger partial charge in [0.15, 0.2) is 5.75 Å². The quantitative estimate of drug-likeness (QED) is 0.665. The highest BCUT2D eigenvalue weighted by atomic mass is 35.5. The maximum absolute atomic E-state index is 11.3. The molecule has 0 atom stereocenters. The Hall–Kier alpha value is -1.85. The van der Waals surface area contributed by atoms with Gasteiger partial charge in [-0.3, -0.25) is 0 Å². The molecule has 0 unspecified atom stereocenters. The summed E-state index contributed by atoms with van der Waals surface area (Å²) in [6, 6.07) is 4.64. The maximum atomic E-state index is 11.3. The molecule has 0 aliphatic rings. The Labute approximate surface area is 125 Å². The molecular formula is C13H11Cl2NO4. The molecule has 0 saturated heterocycles. The highest BCUT2D eigenvalue weighted by Crippen LogP contribution is 2.34. The highest BCUT2D eigenvalue weighted by Gasteiger charge is 2.11. The second-order valence-electron chi connectivity index (χ2n) is 3.94. The molecule has 7 heteroatoms. The van der Waals surface area contributed by atoms with Crippen LogP contribution in [0.15, 0.2) is 28.9 Å². The van der Waals surface area contributed by atoms with E-state index in [4.69, 9.17) is 27.6 Å². The molecule has 1 aromatic carbocycles. The number of carbonyl (C=O) groups excluding carboxylic acids is 1. The lowest BCUT2D eigenvalue weighted by Gasteiger charge is -2.07. The van der Waals surface area contributed by atoms with Crippen molar-refractivity contribution < 1.29 is 19.1 Å². The molecule has 0 bridgehead atoms. The van der Waals surface area contributed by atoms with Crippen LogP contribution in [0.25, 0.3) is 0 Å². The molecule has 2 N–H and O–H groups in total. The van der Waals surface area contributed by atoms with E-state index in [0.717, 1.165) is 0 Å². The van der Waals surface area contributed by atoms with Crippen LogP contribution in [0, 0.1) is 0 Å². The fraction of sp³-hybridized carbons (Fsp3) is 0.154. The number of furan rings is 1. The first kappa shape index (κ1) is 14.6. The standard InChI is InChI=1S/C13H11Cl2NO4/c1-19-13(18)7-2-9(20-6-7)5-16-8-3-10(14)12(17)11(15)4-8/h2-4,6,16-17H,5H2,1H3. The van der Waals surface area contributed by atoms with Crippen molar-refractivity contribution in [1.82, 2.24) is 0 Å². The third-order valence-electron chi connectivity index (χ3n) is 2.56. The summed E-state index contributed by atoms with van der Waals surface area (Å²) in [4.78, 5) is 11.3. The largest absolute Gasteiger partial charge is 0.505 e. The number of aromatic hydroxyl groups is 1. The van der Waals surface area contributed by atoms with Gasteiger partial charge in [-0.1, -0.05) is 23.2 Å². The van der Waals surface area contributed by atoms with Crippen molar-refractivity contribution in [2.24, 2.45) is 0 Å². The van der Waals surface area contributed by atoms with Gasteiger partial charge in [-0.05, 0) is 18.2 Å². The molecular weight excluding hydrogens is 305 g/mol. The van der Waals surface area contributed by atoms with Gasteiger partial charge in [0.1, 0.15) is 12.0 Å². The van der Waals surface area contributed by atoms with E-state index in [2.05, 4.69) is 10.1 Å². The summed E-state index contributed by atoms with van der Waals surface area (Å²) >= 11 is 11.6. The number of hydrogen-bond donors (Lipinski definition) is 2. The smallest absolute Gasteiger partial charge is 0.341 e. The monoisotopic (exact) mass is 315 g/mol. The molecule has 0 aliphatic carbocycles. The molecule has 2 aromatic rings. The van der Waals surface area contributed by atoms with Crippen molar-refractivity contribution in [2.75, 3.05) is 12.4 Å². The zero-order valence-corrected chi connectivity index (χ0v) is 12.0. The lowest BCUT2D eigenvalue weighted by atomic mass is 10.2. The first-order chi connectivity index (χ1) is 9.51. The lowest BCUT2D eigenvalue weighted by molar-refractivity contribution is 0.0600. The molecule has 1 heterocycles. The third-order valence-corrected chi connectivity index (χ3v) is 3.13. The molecule has 5 nitrogen and oxygen atoms in total. The molecule has 0 amide bonds. The average molecular weight is 316 g/mol. The summed E-state index contributed by atoms with van der Waals surface area (Å²) in [5.74, 6) is -0.0775. The number of phenols is 1. The number of ether oxygens (including phenoxy) is 1. The Morgan fingerprint density at radius 3 is 2.60 bits per heavy atom. The van der Waals surface area contributed by atoms with E-state index in [0.29, 0.717) is 23.6 Å². The zero-order chi connectivity index (χ0) is 14.7. The minimum absolute atomic E-state index is 0.148. The Kier molecular flexibility index (Phi) is 4.42. The van der Waals surface area contributed by atoms with E-state index < -0.39 is 5.97 Å². The van der Waals surface area contributed by atoms with Gasteiger partial charge in [-0.15, -0.1) is 0 Å². The molecule has 0 saturated carbocycles. The number of hydrogen-bond acceptors (Lipinski definition) is 5. The van der Waals surface area contributed by atoms with E-state index in [1.807, 2.05) is 0 Å². The summed E-state index contributed by atoms with van der Waals surface area (Å²) in [5, 5.41) is 12.8. The van der Waals surface area contributed by atoms with Crippen molar-refractivity contribution in [3.8, 4) is 5.75 Å². The van der Waals surface area contributed by atoms with Gasteiger partial charge in [0.2, 0.25) is 0 Å². The number of anilines is 1. The SMILES string of the molecule is COC(=O)c1coc(CNc2cc(Cl)c(O)c(Cl)c2)c1. The van der Waals surface area contributed by atoms with Crippen LogP contribution < -0.4 is 5.32 Å². The highest BCUT2D eigenvalue weighted by molar-refractivity contribution is 6.37. The lowest BCUT2D eigenvalue weighted by Crippen LogP contribution is -2.00. The Bertz CT molecular complexity index is 616. The topological polar surface area (TPSA) is 71.7 Å². The van der Waals surface area contributed by atoms with Crippen molar-refractivity contribution >= 4 is 34.9 Å². The fourth-order valence-electron chi connectivity index (χ4n) is 1.55. The van der Waals surface area contributed by atoms with Gasteiger partial charge in [0.25, 0.3) is 0 Å². The van der Waals surface area contributed by atoms with Gasteiger partial charge in [0.05, 0.1) is 29.3 Å². The predicted octanol–water partition coefficient (Wildman–Crippen LogP) is 3.69. The van der Waals surface area contributed by atoms with E-state index in [1.54, 1.807) is 6.07 Å². The van der Waals surface area contributed by atoms with E-state index in [1.165, 1.54) is 25.5 Å². The van der Waals surface area contributed by atoms with Gasteiger partial charge in [0, 0.05) is 5.69 Å². The number of phenolic OH excluding ortho intramolecular Hbond substituents is 1. The molecule has 20 heavy (non-hydrogen) atoms. The first-order valence-electron chi connectivity index (χ1n) is 5.59. The van der Waals surface area contributed by atoms with E-state index in [-0.39, 0.29) is 15.8 Å². The molecule has 0 aliphatic heterocycles. The second kappa shape index (κ2) is 6.07. The number of esters is 1. The summed E-state index contributed by atoms with van der Waals surface area (Å²) in [5.41, 5.74) is 0.958. The normalized spacial score (nSPS) is 10.3. The van der Waals surface area contributed by atoms with E-state index >= 15 is 0 Å². The summed E-state index contributed by atoms with van der Waals surface area (Å²) in [6.45, 7) is 0.328. The molecule has 0 fully saturated rings. The Morgan fingerprint density at radius 2 is 2.00 bits per heavy atom. The predicted molar refractivity (Wildman–Crippen MR) is 75.5 cm³/mol. The number of methoxy groups -OCH3 is 1. The third kappa shape index (κ3) is 3.18. The van der Waals surface area contributed by atoms with Crippen LogP contribution in [-0.4, -0.2) is 18.2 Å². The van der Waals surface area contributed by atoms with Gasteiger partial charge in [-0.25, -0.2) is 4.79 Å². The van der Waals surface area contributed by atoms with Gasteiger partial charge < -0.3 is 19.6 Å². The van der Waals surface area contributed by atoms with Crippen LogP contribution in [0.4, 0.5) is 5.69 Å². The number of rotatable bonds is 4. The minimum Gasteiger partial charge on any atom is -0.505 e. The average Bonchev–Trinajstić information content (AvgIpc) is 2.90. The van der Waals surface area contributed by atoms with Crippen LogP contribution in [-0.2, 0) is 11.3 Å². The van der Waals surface area contributed by atoms with Crippen LogP contribution in [0.3, 0.4) is 0 Å². The number of nitrogens with one attached hydrogen (secondary N) is 1. The minimum atomic E-state index is -0.462. The second-order valence-corrected chi connectivity index (χ2v) is 4.75. The van der Waals surface area contributed by atoms with Crippen LogP contribution in [0.2, 0.25) is 10.0 Å². The summed E-state index contributed by atoms with van der Waals surface area (Å²) in [7, 11) is 1.30. The molecule has 0 spiro atoms. The number of benzene rings is 1.